The Morgan fingerprint density at radius 1 is 1.25 bits per heavy atom. The van der Waals surface area contributed by atoms with E-state index in [0.717, 1.165) is 11.3 Å². The van der Waals surface area contributed by atoms with Crippen LogP contribution in [0.5, 0.6) is 0 Å². The van der Waals surface area contributed by atoms with Crippen molar-refractivity contribution in [3.05, 3.63) is 0 Å². The van der Waals surface area contributed by atoms with Crippen LogP contribution in [0.1, 0.15) is 46.5 Å². The van der Waals surface area contributed by atoms with E-state index in [9.17, 15) is 0 Å². The Balaban J connectivity index is 0.000000336. The van der Waals surface area contributed by atoms with Gasteiger partial charge in [-0.05, 0) is 37.1 Å². The van der Waals surface area contributed by atoms with Crippen LogP contribution in [0.15, 0.2) is 0 Å². The lowest BCUT2D eigenvalue weighted by Gasteiger charge is -2.20. The first-order valence-corrected chi connectivity index (χ1v) is 5.52. The molecule has 2 unspecified atom stereocenters. The fourth-order valence-corrected chi connectivity index (χ4v) is 2.68. The number of rotatable bonds is 0. The highest BCUT2D eigenvalue weighted by atomic mass is 14.9. The smallest absolute Gasteiger partial charge is 0.000839 e. The number of hydrogen-bond donors (Lipinski definition) is 1. The molecule has 72 valence electrons. The molecule has 0 amide bonds. The molecule has 1 saturated carbocycles. The maximum Gasteiger partial charge on any atom is 0.000839 e. The molecule has 1 nitrogen and oxygen atoms in total. The van der Waals surface area contributed by atoms with Crippen LogP contribution in [0.2, 0.25) is 0 Å². The summed E-state index contributed by atoms with van der Waals surface area (Å²) in [6.07, 6.45) is 5.89. The van der Waals surface area contributed by atoms with Crippen molar-refractivity contribution in [2.45, 2.75) is 46.5 Å². The number of hydrogen-bond acceptors (Lipinski definition) is 1. The van der Waals surface area contributed by atoms with Crippen LogP contribution in [0.4, 0.5) is 0 Å². The fraction of sp³-hybridized carbons (Fsp3) is 1.00. The van der Waals surface area contributed by atoms with Gasteiger partial charge in [-0.3, -0.25) is 0 Å². The van der Waals surface area contributed by atoms with Gasteiger partial charge in [0.15, 0.2) is 0 Å². The van der Waals surface area contributed by atoms with E-state index in [1.165, 1.54) is 38.8 Å². The largest absolute Gasteiger partial charge is 0.316 e. The average molecular weight is 169 g/mol. The third-order valence-electron chi connectivity index (χ3n) is 3.28. The molecule has 0 aromatic heterocycles. The predicted molar refractivity (Wildman–Crippen MR) is 54.3 cm³/mol. The third-order valence-corrected chi connectivity index (χ3v) is 3.28. The van der Waals surface area contributed by atoms with Crippen LogP contribution >= 0.6 is 0 Å². The zero-order valence-corrected chi connectivity index (χ0v) is 8.82. The second-order valence-electron chi connectivity index (χ2n) is 4.27. The summed E-state index contributed by atoms with van der Waals surface area (Å²) in [6.45, 7) is 8.97. The van der Waals surface area contributed by atoms with Crippen LogP contribution in [0.25, 0.3) is 0 Å². The molecule has 1 saturated heterocycles. The van der Waals surface area contributed by atoms with E-state index < -0.39 is 0 Å². The minimum Gasteiger partial charge on any atom is -0.316 e. The summed E-state index contributed by atoms with van der Waals surface area (Å²) in [5.74, 6) is 1.000. The Bertz CT molecular complexity index is 125. The lowest BCUT2D eigenvalue weighted by atomic mass is 9.85. The van der Waals surface area contributed by atoms with Crippen LogP contribution in [0, 0.1) is 11.3 Å². The molecule has 1 heterocycles. The molecule has 2 fully saturated rings. The topological polar surface area (TPSA) is 12.0 Å². The van der Waals surface area contributed by atoms with E-state index in [0.29, 0.717) is 0 Å². The van der Waals surface area contributed by atoms with Crippen molar-refractivity contribution in [3.8, 4) is 0 Å². The lowest BCUT2D eigenvalue weighted by Crippen LogP contribution is -2.20. The molecular weight excluding hydrogens is 146 g/mol. The Morgan fingerprint density at radius 2 is 2.00 bits per heavy atom. The summed E-state index contributed by atoms with van der Waals surface area (Å²) in [5.41, 5.74) is 0.749. The summed E-state index contributed by atoms with van der Waals surface area (Å²) in [5, 5.41) is 3.48. The molecule has 2 aliphatic rings. The monoisotopic (exact) mass is 169 g/mol. The summed E-state index contributed by atoms with van der Waals surface area (Å²) in [4.78, 5) is 0. The van der Waals surface area contributed by atoms with E-state index in [1.54, 1.807) is 0 Å². The van der Waals surface area contributed by atoms with E-state index in [4.69, 9.17) is 0 Å². The summed E-state index contributed by atoms with van der Waals surface area (Å²) in [7, 11) is 0. The molecule has 12 heavy (non-hydrogen) atoms. The molecule has 0 bridgehead atoms. The van der Waals surface area contributed by atoms with Crippen molar-refractivity contribution < 1.29 is 0 Å². The standard InChI is InChI=1S/C9H17N.C2H6/c1-8-2-3-9(6-8)4-5-10-7-9;1-2/h8,10H,2-7H2,1H3;1-2H3. The highest BCUT2D eigenvalue weighted by Crippen LogP contribution is 2.45. The van der Waals surface area contributed by atoms with Crippen molar-refractivity contribution in [1.82, 2.24) is 5.32 Å². The summed E-state index contributed by atoms with van der Waals surface area (Å²) in [6, 6.07) is 0. The third kappa shape index (κ3) is 2.01. The second-order valence-corrected chi connectivity index (χ2v) is 4.27. The Labute approximate surface area is 76.9 Å². The molecule has 0 aromatic rings. The lowest BCUT2D eigenvalue weighted by molar-refractivity contribution is 0.324. The molecule has 1 heteroatoms. The fourth-order valence-electron chi connectivity index (χ4n) is 2.68. The minimum atomic E-state index is 0.749. The van der Waals surface area contributed by atoms with Gasteiger partial charge in [-0.25, -0.2) is 0 Å². The van der Waals surface area contributed by atoms with Gasteiger partial charge >= 0.3 is 0 Å². The molecule has 1 spiro atoms. The van der Waals surface area contributed by atoms with Gasteiger partial charge in [0.1, 0.15) is 0 Å². The predicted octanol–water partition coefficient (Wildman–Crippen LogP) is 2.81. The minimum absolute atomic E-state index is 0.749. The van der Waals surface area contributed by atoms with E-state index in [2.05, 4.69) is 12.2 Å². The van der Waals surface area contributed by atoms with Crippen molar-refractivity contribution in [2.75, 3.05) is 13.1 Å². The van der Waals surface area contributed by atoms with E-state index >= 15 is 0 Å². The van der Waals surface area contributed by atoms with Gasteiger partial charge in [0.2, 0.25) is 0 Å². The maximum absolute atomic E-state index is 3.48. The van der Waals surface area contributed by atoms with Gasteiger partial charge in [-0.1, -0.05) is 27.2 Å². The van der Waals surface area contributed by atoms with Gasteiger partial charge in [-0.15, -0.1) is 0 Å². The number of nitrogens with one attached hydrogen (secondary N) is 1. The molecule has 0 radical (unpaired) electrons. The zero-order chi connectivity index (χ0) is 9.03. The zero-order valence-electron chi connectivity index (χ0n) is 8.82. The van der Waals surface area contributed by atoms with E-state index in [1.807, 2.05) is 13.8 Å². The van der Waals surface area contributed by atoms with Crippen molar-refractivity contribution >= 4 is 0 Å². The first kappa shape index (κ1) is 10.0. The first-order valence-electron chi connectivity index (χ1n) is 5.52. The van der Waals surface area contributed by atoms with Crippen LogP contribution in [-0.4, -0.2) is 13.1 Å². The van der Waals surface area contributed by atoms with Gasteiger partial charge < -0.3 is 5.32 Å². The van der Waals surface area contributed by atoms with E-state index in [-0.39, 0.29) is 0 Å². The summed E-state index contributed by atoms with van der Waals surface area (Å²) >= 11 is 0. The molecule has 2 rings (SSSR count). The molecular formula is C11H23N. The SMILES string of the molecule is CC.CC1CCC2(CCNC2)C1. The Hall–Kier alpha value is -0.0400. The second kappa shape index (κ2) is 4.27. The van der Waals surface area contributed by atoms with Gasteiger partial charge in [0.05, 0.1) is 0 Å². The normalized spacial score (nSPS) is 39.8. The summed E-state index contributed by atoms with van der Waals surface area (Å²) < 4.78 is 0. The Morgan fingerprint density at radius 3 is 2.42 bits per heavy atom. The maximum atomic E-state index is 3.48. The van der Waals surface area contributed by atoms with Crippen LogP contribution in [-0.2, 0) is 0 Å². The molecule has 2 atom stereocenters. The highest BCUT2D eigenvalue weighted by molar-refractivity contribution is 4.93. The molecule has 1 N–H and O–H groups in total. The molecule has 1 aliphatic carbocycles. The van der Waals surface area contributed by atoms with Crippen molar-refractivity contribution in [1.29, 1.82) is 0 Å². The Kier molecular flexibility index (Phi) is 3.57. The highest BCUT2D eigenvalue weighted by Gasteiger charge is 2.39. The van der Waals surface area contributed by atoms with Gasteiger partial charge in [-0.2, -0.15) is 0 Å². The van der Waals surface area contributed by atoms with Gasteiger partial charge in [0.25, 0.3) is 0 Å². The van der Waals surface area contributed by atoms with Crippen molar-refractivity contribution in [3.63, 3.8) is 0 Å². The van der Waals surface area contributed by atoms with Crippen molar-refractivity contribution in [2.24, 2.45) is 11.3 Å². The van der Waals surface area contributed by atoms with Crippen LogP contribution < -0.4 is 5.32 Å². The quantitative estimate of drug-likeness (QED) is 0.588. The molecule has 1 aliphatic heterocycles. The van der Waals surface area contributed by atoms with Gasteiger partial charge in [0, 0.05) is 6.54 Å². The molecule has 0 aromatic carbocycles. The average Bonchev–Trinajstić information content (AvgIpc) is 2.68. The first-order chi connectivity index (χ1) is 5.81. The van der Waals surface area contributed by atoms with Crippen LogP contribution in [0.3, 0.4) is 0 Å².